The number of nitrogens with zero attached hydrogens (tertiary/aromatic N) is 3. The zero-order valence-electron chi connectivity index (χ0n) is 16.0. The highest BCUT2D eigenvalue weighted by Crippen LogP contribution is 2.35. The zero-order valence-corrected chi connectivity index (χ0v) is 17.7. The summed E-state index contributed by atoms with van der Waals surface area (Å²) in [6.45, 7) is 4.27. The monoisotopic (exact) mass is 407 g/mol. The molecular formula is C22H21N3OS2. The molecule has 0 radical (unpaired) electrons. The van der Waals surface area contributed by atoms with Crippen molar-refractivity contribution in [1.82, 2.24) is 14.8 Å². The lowest BCUT2D eigenvalue weighted by molar-refractivity contribution is 0.412. The number of hydrogen-bond acceptors (Lipinski definition) is 5. The van der Waals surface area contributed by atoms with E-state index in [-0.39, 0.29) is 0 Å². The largest absolute Gasteiger partial charge is 0.495 e. The molecule has 0 saturated carbocycles. The van der Waals surface area contributed by atoms with Gasteiger partial charge in [0.2, 0.25) is 0 Å². The molecule has 0 aliphatic heterocycles. The number of aryl methyl sites for hydroxylation is 2. The summed E-state index contributed by atoms with van der Waals surface area (Å²) in [5.74, 6) is 2.47. The van der Waals surface area contributed by atoms with E-state index in [0.29, 0.717) is 0 Å². The molecule has 0 aliphatic rings. The van der Waals surface area contributed by atoms with Crippen LogP contribution in [0, 0.1) is 13.8 Å². The average Bonchev–Trinajstić information content (AvgIpc) is 3.38. The molecule has 0 aliphatic carbocycles. The molecule has 4 rings (SSSR count). The lowest BCUT2D eigenvalue weighted by Crippen LogP contribution is -2.02. The van der Waals surface area contributed by atoms with Gasteiger partial charge in [0.1, 0.15) is 5.75 Å². The van der Waals surface area contributed by atoms with Gasteiger partial charge in [-0.25, -0.2) is 0 Å². The van der Waals surface area contributed by atoms with Crippen LogP contribution in [0.2, 0.25) is 0 Å². The predicted molar refractivity (Wildman–Crippen MR) is 117 cm³/mol. The maximum Gasteiger partial charge on any atom is 0.196 e. The molecule has 0 amide bonds. The minimum Gasteiger partial charge on any atom is -0.495 e. The van der Waals surface area contributed by atoms with Gasteiger partial charge in [-0.15, -0.1) is 21.5 Å². The van der Waals surface area contributed by atoms with Crippen LogP contribution in [0.3, 0.4) is 0 Å². The smallest absolute Gasteiger partial charge is 0.196 e. The summed E-state index contributed by atoms with van der Waals surface area (Å²) in [7, 11) is 1.69. The van der Waals surface area contributed by atoms with Gasteiger partial charge in [-0.2, -0.15) is 0 Å². The quantitative estimate of drug-likeness (QED) is 0.372. The molecule has 0 spiro atoms. The summed E-state index contributed by atoms with van der Waals surface area (Å²) < 4.78 is 7.71. The Kier molecular flexibility index (Phi) is 5.50. The fraction of sp³-hybridized carbons (Fsp3) is 0.182. The lowest BCUT2D eigenvalue weighted by atomic mass is 10.1. The van der Waals surface area contributed by atoms with Crippen LogP contribution in [0.5, 0.6) is 5.75 Å². The van der Waals surface area contributed by atoms with Gasteiger partial charge in [-0.05, 0) is 48.6 Å². The predicted octanol–water partition coefficient (Wildman–Crippen LogP) is 5.91. The number of methoxy groups -OCH3 is 1. The minimum absolute atomic E-state index is 0.800. The van der Waals surface area contributed by atoms with Crippen LogP contribution in [0.25, 0.3) is 16.4 Å². The fourth-order valence-electron chi connectivity index (χ4n) is 3.06. The highest BCUT2D eigenvalue weighted by atomic mass is 32.2. The SMILES string of the molecule is COc1ccccc1-n1c(SCc2cc(C)ccc2C)nnc1-c1cccs1. The zero-order chi connectivity index (χ0) is 19.5. The molecule has 2 aromatic heterocycles. The summed E-state index contributed by atoms with van der Waals surface area (Å²) in [4.78, 5) is 1.08. The number of hydrogen-bond donors (Lipinski definition) is 0. The molecule has 6 heteroatoms. The molecule has 28 heavy (non-hydrogen) atoms. The van der Waals surface area contributed by atoms with Crippen LogP contribution in [-0.2, 0) is 5.75 Å². The van der Waals surface area contributed by atoms with E-state index in [4.69, 9.17) is 4.74 Å². The van der Waals surface area contributed by atoms with Crippen molar-refractivity contribution in [3.63, 3.8) is 0 Å². The van der Waals surface area contributed by atoms with Gasteiger partial charge in [-0.3, -0.25) is 4.57 Å². The van der Waals surface area contributed by atoms with Gasteiger partial charge < -0.3 is 4.74 Å². The van der Waals surface area contributed by atoms with Gasteiger partial charge >= 0.3 is 0 Å². The van der Waals surface area contributed by atoms with E-state index in [1.807, 2.05) is 30.3 Å². The number of thioether (sulfide) groups is 1. The third kappa shape index (κ3) is 3.70. The van der Waals surface area contributed by atoms with E-state index >= 15 is 0 Å². The minimum atomic E-state index is 0.800. The van der Waals surface area contributed by atoms with Crippen molar-refractivity contribution in [2.75, 3.05) is 7.11 Å². The Balaban J connectivity index is 1.76. The Morgan fingerprint density at radius 2 is 1.89 bits per heavy atom. The number of ether oxygens (including phenoxy) is 1. The average molecular weight is 408 g/mol. The van der Waals surface area contributed by atoms with Gasteiger partial charge in [-0.1, -0.05) is 53.7 Å². The van der Waals surface area contributed by atoms with Gasteiger partial charge in [0.15, 0.2) is 11.0 Å². The Morgan fingerprint density at radius 1 is 1.04 bits per heavy atom. The summed E-state index contributed by atoms with van der Waals surface area (Å²) in [6.07, 6.45) is 0. The molecule has 0 N–H and O–H groups in total. The molecule has 0 atom stereocenters. The molecule has 0 bridgehead atoms. The molecule has 0 unspecified atom stereocenters. The third-order valence-electron chi connectivity index (χ3n) is 4.56. The molecule has 4 aromatic rings. The number of aromatic nitrogens is 3. The van der Waals surface area contributed by atoms with Crippen LogP contribution >= 0.6 is 23.1 Å². The van der Waals surface area contributed by atoms with Crippen molar-refractivity contribution in [3.8, 4) is 22.1 Å². The number of benzene rings is 2. The first-order valence-electron chi connectivity index (χ1n) is 8.99. The molecule has 142 valence electrons. The molecule has 4 nitrogen and oxygen atoms in total. The van der Waals surface area contributed by atoms with Crippen molar-refractivity contribution < 1.29 is 4.74 Å². The summed E-state index contributed by atoms with van der Waals surface area (Å²) in [6, 6.07) is 18.7. The third-order valence-corrected chi connectivity index (χ3v) is 6.41. The number of para-hydroxylation sites is 2. The van der Waals surface area contributed by atoms with E-state index in [0.717, 1.165) is 33.0 Å². The van der Waals surface area contributed by atoms with Crippen molar-refractivity contribution in [2.24, 2.45) is 0 Å². The second-order valence-electron chi connectivity index (χ2n) is 6.51. The van der Waals surface area contributed by atoms with E-state index in [2.05, 4.69) is 58.3 Å². The van der Waals surface area contributed by atoms with Crippen LogP contribution in [0.15, 0.2) is 65.1 Å². The second kappa shape index (κ2) is 8.20. The standard InChI is InChI=1S/C22H21N3OS2/c1-15-10-11-16(2)17(13-15)14-28-22-24-23-21(20-9-6-12-27-20)25(22)18-7-4-5-8-19(18)26-3/h4-13H,14H2,1-3H3. The normalized spacial score (nSPS) is 11.0. The van der Waals surface area contributed by atoms with E-state index in [1.165, 1.54) is 16.7 Å². The summed E-state index contributed by atoms with van der Waals surface area (Å²) >= 11 is 3.35. The second-order valence-corrected chi connectivity index (χ2v) is 8.40. The topological polar surface area (TPSA) is 39.9 Å². The Bertz CT molecular complexity index is 1090. The lowest BCUT2D eigenvalue weighted by Gasteiger charge is -2.13. The highest BCUT2D eigenvalue weighted by Gasteiger charge is 2.19. The molecule has 2 aromatic carbocycles. The first kappa shape index (κ1) is 18.8. The van der Waals surface area contributed by atoms with Crippen LogP contribution in [0.1, 0.15) is 16.7 Å². The summed E-state index contributed by atoms with van der Waals surface area (Å²) in [5.41, 5.74) is 4.82. The van der Waals surface area contributed by atoms with Crippen molar-refractivity contribution >= 4 is 23.1 Å². The Morgan fingerprint density at radius 3 is 2.68 bits per heavy atom. The highest BCUT2D eigenvalue weighted by molar-refractivity contribution is 7.98. The van der Waals surface area contributed by atoms with Crippen LogP contribution in [0.4, 0.5) is 0 Å². The molecule has 2 heterocycles. The molecular weight excluding hydrogens is 386 g/mol. The van der Waals surface area contributed by atoms with Crippen LogP contribution < -0.4 is 4.74 Å². The van der Waals surface area contributed by atoms with Gasteiger partial charge in [0.25, 0.3) is 0 Å². The van der Waals surface area contributed by atoms with Gasteiger partial charge in [0.05, 0.1) is 17.7 Å². The van der Waals surface area contributed by atoms with E-state index in [1.54, 1.807) is 30.2 Å². The van der Waals surface area contributed by atoms with E-state index < -0.39 is 0 Å². The molecule has 0 saturated heterocycles. The molecule has 0 fully saturated rings. The summed E-state index contributed by atoms with van der Waals surface area (Å²) in [5, 5.41) is 11.9. The first-order valence-corrected chi connectivity index (χ1v) is 10.9. The fourth-order valence-corrected chi connectivity index (χ4v) is 4.77. The first-order chi connectivity index (χ1) is 13.7. The maximum absolute atomic E-state index is 5.61. The van der Waals surface area contributed by atoms with Crippen LogP contribution in [-0.4, -0.2) is 21.9 Å². The van der Waals surface area contributed by atoms with Crippen molar-refractivity contribution in [3.05, 3.63) is 76.7 Å². The van der Waals surface area contributed by atoms with E-state index in [9.17, 15) is 0 Å². The Hall–Kier alpha value is -2.57. The van der Waals surface area contributed by atoms with Gasteiger partial charge in [0, 0.05) is 5.75 Å². The number of rotatable bonds is 6. The maximum atomic E-state index is 5.61. The van der Waals surface area contributed by atoms with Crippen molar-refractivity contribution in [2.45, 2.75) is 24.8 Å². The van der Waals surface area contributed by atoms with Crippen molar-refractivity contribution in [1.29, 1.82) is 0 Å². The Labute approximate surface area is 173 Å². The number of thiophene rings is 1.